The minimum Gasteiger partial charge on any atom is -0.393 e. The number of hydrogen-bond donors (Lipinski definition) is 3. The average molecular weight is 465 g/mol. The number of aliphatic hydroxyl groups is 1. The van der Waals surface area contributed by atoms with Crippen LogP contribution in [0.4, 0.5) is 5.69 Å². The van der Waals surface area contributed by atoms with Gasteiger partial charge < -0.3 is 15.0 Å². The molecule has 1 aliphatic carbocycles. The van der Waals surface area contributed by atoms with Crippen LogP contribution in [0.5, 0.6) is 0 Å². The van der Waals surface area contributed by atoms with Gasteiger partial charge in [-0.2, -0.15) is 8.42 Å². The molecule has 3 rings (SSSR count). The molecule has 1 fully saturated rings. The second-order valence-corrected chi connectivity index (χ2v) is 10.7. The maximum Gasteiger partial charge on any atom is 0.333 e. The number of rotatable bonds is 7. The molecule has 0 bridgehead atoms. The SMILES string of the molecule is Cc1c(C(=O)c2cnccc2N[C@@H]2C[C@H](COS(N)(=O)=O)[C@@H](O)C2)cn(C(C)(C)C)c1C. The largest absolute Gasteiger partial charge is 0.393 e. The van der Waals surface area contributed by atoms with E-state index in [-0.39, 0.29) is 29.9 Å². The smallest absolute Gasteiger partial charge is 0.333 e. The number of anilines is 1. The predicted octanol–water partition coefficient (Wildman–Crippen LogP) is 2.26. The summed E-state index contributed by atoms with van der Waals surface area (Å²) >= 11 is 0. The van der Waals surface area contributed by atoms with Crippen molar-refractivity contribution in [2.24, 2.45) is 11.1 Å². The number of pyridine rings is 1. The van der Waals surface area contributed by atoms with Crippen LogP contribution in [0.25, 0.3) is 0 Å². The highest BCUT2D eigenvalue weighted by atomic mass is 32.2. The van der Waals surface area contributed by atoms with E-state index in [1.165, 1.54) is 0 Å². The van der Waals surface area contributed by atoms with Gasteiger partial charge >= 0.3 is 10.3 Å². The molecule has 0 aliphatic heterocycles. The Hall–Kier alpha value is -2.27. The van der Waals surface area contributed by atoms with Gasteiger partial charge in [0.15, 0.2) is 5.78 Å². The van der Waals surface area contributed by atoms with Gasteiger partial charge in [0, 0.05) is 53.0 Å². The Morgan fingerprint density at radius 3 is 2.59 bits per heavy atom. The van der Waals surface area contributed by atoms with Crippen LogP contribution in [-0.2, 0) is 20.0 Å². The van der Waals surface area contributed by atoms with Crippen LogP contribution in [0.1, 0.15) is 60.8 Å². The molecule has 3 atom stereocenters. The third kappa shape index (κ3) is 5.37. The van der Waals surface area contributed by atoms with Crippen LogP contribution in [0, 0.1) is 19.8 Å². The van der Waals surface area contributed by atoms with Crippen molar-refractivity contribution in [2.75, 3.05) is 11.9 Å². The summed E-state index contributed by atoms with van der Waals surface area (Å²) in [6.45, 7) is 10.0. The van der Waals surface area contributed by atoms with E-state index < -0.39 is 16.4 Å². The maximum atomic E-state index is 13.5. The third-order valence-corrected chi connectivity index (χ3v) is 6.53. The van der Waals surface area contributed by atoms with Crippen molar-refractivity contribution < 1.29 is 22.5 Å². The fraction of sp³-hybridized carbons (Fsp3) is 0.545. The first-order valence-corrected chi connectivity index (χ1v) is 12.0. The molecule has 0 spiro atoms. The number of aliphatic hydroxyl groups excluding tert-OH is 1. The van der Waals surface area contributed by atoms with E-state index in [1.54, 1.807) is 18.5 Å². The Morgan fingerprint density at radius 1 is 1.31 bits per heavy atom. The Morgan fingerprint density at radius 2 is 2.00 bits per heavy atom. The van der Waals surface area contributed by atoms with E-state index in [4.69, 9.17) is 5.14 Å². The average Bonchev–Trinajstić information content (AvgIpc) is 3.18. The zero-order valence-electron chi connectivity index (χ0n) is 19.1. The lowest BCUT2D eigenvalue weighted by Gasteiger charge is -2.23. The molecule has 176 valence electrons. The van der Waals surface area contributed by atoms with Gasteiger partial charge in [0.2, 0.25) is 0 Å². The fourth-order valence-corrected chi connectivity index (χ4v) is 4.64. The van der Waals surface area contributed by atoms with Gasteiger partial charge in [0.05, 0.1) is 18.3 Å². The lowest BCUT2D eigenvalue weighted by atomic mass is 10.0. The number of nitrogens with two attached hydrogens (primary N) is 1. The number of nitrogens with zero attached hydrogens (tertiary/aromatic N) is 2. The number of carbonyl (C=O) groups is 1. The molecule has 2 aromatic heterocycles. The van der Waals surface area contributed by atoms with E-state index in [9.17, 15) is 18.3 Å². The summed E-state index contributed by atoms with van der Waals surface area (Å²) in [5.41, 5.74) is 3.50. The Bertz CT molecular complexity index is 1100. The standard InChI is InChI=1S/C22H32N4O5S/c1-13-14(2)26(22(3,4)5)11-18(13)21(28)17-10-24-7-6-19(17)25-16-8-15(20(27)9-16)12-31-32(23,29)30/h6-7,10-11,15-16,20,27H,8-9,12H2,1-5H3,(H,24,25)(H2,23,29,30)/t15-,16-,20+/m1/s1. The first kappa shape index (κ1) is 24.4. The van der Waals surface area contributed by atoms with Gasteiger partial charge in [-0.3, -0.25) is 14.0 Å². The first-order valence-electron chi connectivity index (χ1n) is 10.6. The molecule has 0 saturated heterocycles. The van der Waals surface area contributed by atoms with E-state index in [2.05, 4.69) is 39.8 Å². The normalized spacial score (nSPS) is 21.7. The summed E-state index contributed by atoms with van der Waals surface area (Å²) in [5.74, 6) is -0.505. The van der Waals surface area contributed by atoms with Crippen molar-refractivity contribution >= 4 is 21.8 Å². The van der Waals surface area contributed by atoms with Crippen molar-refractivity contribution in [1.29, 1.82) is 0 Å². The molecular formula is C22H32N4O5S. The maximum absolute atomic E-state index is 13.5. The monoisotopic (exact) mass is 464 g/mol. The quantitative estimate of drug-likeness (QED) is 0.535. The van der Waals surface area contributed by atoms with Crippen molar-refractivity contribution in [3.05, 3.63) is 47.0 Å². The summed E-state index contributed by atoms with van der Waals surface area (Å²) < 4.78 is 28.8. The lowest BCUT2D eigenvalue weighted by molar-refractivity contribution is 0.101. The number of ketones is 1. The van der Waals surface area contributed by atoms with Crippen LogP contribution in [0.3, 0.4) is 0 Å². The summed E-state index contributed by atoms with van der Waals surface area (Å²) in [6, 6.07) is 1.58. The summed E-state index contributed by atoms with van der Waals surface area (Å²) in [7, 11) is -4.06. The van der Waals surface area contributed by atoms with E-state index in [1.807, 2.05) is 20.0 Å². The van der Waals surface area contributed by atoms with Gasteiger partial charge in [-0.15, -0.1) is 0 Å². The molecule has 0 radical (unpaired) electrons. The lowest BCUT2D eigenvalue weighted by Crippen LogP contribution is -2.24. The number of carbonyl (C=O) groups excluding carboxylic acids is 1. The summed E-state index contributed by atoms with van der Waals surface area (Å²) in [4.78, 5) is 17.6. The molecule has 10 heteroatoms. The topological polar surface area (TPSA) is 137 Å². The molecule has 1 saturated carbocycles. The highest BCUT2D eigenvalue weighted by Gasteiger charge is 2.34. The van der Waals surface area contributed by atoms with Gasteiger partial charge in [-0.05, 0) is 59.1 Å². The van der Waals surface area contributed by atoms with Crippen LogP contribution in [0.2, 0.25) is 0 Å². The summed E-state index contributed by atoms with van der Waals surface area (Å²) in [6.07, 6.45) is 5.17. The molecule has 9 nitrogen and oxygen atoms in total. The van der Waals surface area contributed by atoms with E-state index in [0.717, 1.165) is 11.3 Å². The zero-order chi connectivity index (χ0) is 23.8. The Labute approximate surface area is 189 Å². The van der Waals surface area contributed by atoms with Gasteiger partial charge in [-0.25, -0.2) is 5.14 Å². The van der Waals surface area contributed by atoms with Gasteiger partial charge in [0.1, 0.15) is 0 Å². The van der Waals surface area contributed by atoms with Crippen LogP contribution in [-0.4, -0.2) is 47.6 Å². The molecular weight excluding hydrogens is 432 g/mol. The first-order chi connectivity index (χ1) is 14.8. The minimum atomic E-state index is -4.06. The molecule has 0 amide bonds. The highest BCUT2D eigenvalue weighted by Crippen LogP contribution is 2.32. The molecule has 32 heavy (non-hydrogen) atoms. The van der Waals surface area contributed by atoms with Crippen molar-refractivity contribution in [3.63, 3.8) is 0 Å². The van der Waals surface area contributed by atoms with E-state index in [0.29, 0.717) is 29.7 Å². The van der Waals surface area contributed by atoms with Crippen LogP contribution < -0.4 is 10.5 Å². The van der Waals surface area contributed by atoms with Crippen molar-refractivity contribution in [3.8, 4) is 0 Å². The zero-order valence-corrected chi connectivity index (χ0v) is 19.9. The molecule has 2 heterocycles. The second kappa shape index (κ2) is 8.93. The highest BCUT2D eigenvalue weighted by molar-refractivity contribution is 7.84. The second-order valence-electron chi connectivity index (χ2n) is 9.46. The number of nitrogens with one attached hydrogen (secondary N) is 1. The molecule has 0 unspecified atom stereocenters. The van der Waals surface area contributed by atoms with Crippen LogP contribution >= 0.6 is 0 Å². The minimum absolute atomic E-state index is 0.128. The molecule has 4 N–H and O–H groups in total. The van der Waals surface area contributed by atoms with Crippen LogP contribution in [0.15, 0.2) is 24.7 Å². The number of hydrogen-bond acceptors (Lipinski definition) is 7. The predicted molar refractivity (Wildman–Crippen MR) is 122 cm³/mol. The molecule has 0 aromatic carbocycles. The number of aromatic nitrogens is 2. The third-order valence-electron chi connectivity index (χ3n) is 6.06. The van der Waals surface area contributed by atoms with Crippen molar-refractivity contribution in [2.45, 2.75) is 65.1 Å². The molecule has 1 aliphatic rings. The van der Waals surface area contributed by atoms with Gasteiger partial charge in [-0.1, -0.05) is 0 Å². The summed E-state index contributed by atoms with van der Waals surface area (Å²) in [5, 5.41) is 18.5. The van der Waals surface area contributed by atoms with E-state index >= 15 is 0 Å². The van der Waals surface area contributed by atoms with Crippen molar-refractivity contribution in [1.82, 2.24) is 9.55 Å². The Balaban J connectivity index is 1.81. The molecule has 2 aromatic rings. The van der Waals surface area contributed by atoms with Gasteiger partial charge in [0.25, 0.3) is 0 Å². The fourth-order valence-electron chi connectivity index (χ4n) is 4.27. The Kier molecular flexibility index (Phi) is 6.80.